The molecule has 3 atom stereocenters. The van der Waals surface area contributed by atoms with Gasteiger partial charge >= 0.3 is 0 Å². The Labute approximate surface area is 169 Å². The van der Waals surface area contributed by atoms with E-state index < -0.39 is 25.5 Å². The third-order valence-electron chi connectivity index (χ3n) is 6.36. The van der Waals surface area contributed by atoms with Crippen LogP contribution in [0.2, 0.25) is 5.04 Å². The Morgan fingerprint density at radius 3 is 1.96 bits per heavy atom. The first-order valence-corrected chi connectivity index (χ1v) is 11.8. The number of rotatable bonds is 7. The van der Waals surface area contributed by atoms with Gasteiger partial charge in [0.05, 0.1) is 12.7 Å². The smallest absolute Gasteiger partial charge is 0.261 e. The molecule has 1 fully saturated rings. The standard InChI is InChI=1S/C24H31FO2Si/c1-6-21(26)23(5)17-24(23,25)18-27-28(22(2,3)4,19-13-9-7-10-14-19)20-15-11-8-12-16-20/h6-16,21,26H,1,17-18H2,2-5H3/t21-,23+,24+/m1/s1. The summed E-state index contributed by atoms with van der Waals surface area (Å²) >= 11 is 0. The molecule has 0 radical (unpaired) electrons. The van der Waals surface area contributed by atoms with Crippen LogP contribution in [0.3, 0.4) is 0 Å². The molecule has 3 rings (SSSR count). The number of benzene rings is 2. The average molecular weight is 399 g/mol. The fourth-order valence-corrected chi connectivity index (χ4v) is 8.97. The van der Waals surface area contributed by atoms with Crippen molar-refractivity contribution < 1.29 is 13.9 Å². The second-order valence-electron chi connectivity index (χ2n) is 9.19. The van der Waals surface area contributed by atoms with Crippen molar-refractivity contribution >= 4 is 18.7 Å². The molecule has 0 saturated heterocycles. The lowest BCUT2D eigenvalue weighted by atomic mass is 9.98. The summed E-state index contributed by atoms with van der Waals surface area (Å²) in [6, 6.07) is 20.4. The van der Waals surface area contributed by atoms with E-state index in [4.69, 9.17) is 4.43 Å². The quantitative estimate of drug-likeness (QED) is 0.559. The van der Waals surface area contributed by atoms with Crippen LogP contribution in [0, 0.1) is 5.41 Å². The Morgan fingerprint density at radius 1 is 1.11 bits per heavy atom. The minimum absolute atomic E-state index is 0.0261. The van der Waals surface area contributed by atoms with E-state index in [1.807, 2.05) is 36.4 Å². The Hall–Kier alpha value is -1.75. The van der Waals surface area contributed by atoms with Crippen LogP contribution >= 0.6 is 0 Å². The van der Waals surface area contributed by atoms with Gasteiger partial charge in [0, 0.05) is 5.41 Å². The summed E-state index contributed by atoms with van der Waals surface area (Å²) < 4.78 is 22.3. The van der Waals surface area contributed by atoms with Crippen LogP contribution in [0.4, 0.5) is 4.39 Å². The molecule has 1 saturated carbocycles. The molecule has 2 nitrogen and oxygen atoms in total. The minimum atomic E-state index is -2.77. The third-order valence-corrected chi connectivity index (χ3v) is 11.3. The van der Waals surface area contributed by atoms with E-state index in [2.05, 4.69) is 51.6 Å². The zero-order valence-electron chi connectivity index (χ0n) is 17.3. The van der Waals surface area contributed by atoms with Crippen LogP contribution < -0.4 is 10.4 Å². The maximum atomic E-state index is 15.6. The molecule has 2 aromatic carbocycles. The zero-order valence-corrected chi connectivity index (χ0v) is 18.3. The fraction of sp³-hybridized carbons (Fsp3) is 0.417. The number of aliphatic hydroxyl groups is 1. The molecule has 0 aliphatic heterocycles. The molecule has 4 heteroatoms. The maximum Gasteiger partial charge on any atom is 0.261 e. The molecule has 0 unspecified atom stereocenters. The van der Waals surface area contributed by atoms with Gasteiger partial charge < -0.3 is 9.53 Å². The summed E-state index contributed by atoms with van der Waals surface area (Å²) in [5.74, 6) is 0. The van der Waals surface area contributed by atoms with Crippen LogP contribution in [0.1, 0.15) is 34.1 Å². The van der Waals surface area contributed by atoms with Crippen LogP contribution in [0.5, 0.6) is 0 Å². The van der Waals surface area contributed by atoms with Crippen LogP contribution in [0.25, 0.3) is 0 Å². The van der Waals surface area contributed by atoms with Crippen LogP contribution in [-0.2, 0) is 4.43 Å². The highest BCUT2D eigenvalue weighted by molar-refractivity contribution is 6.99. The molecule has 150 valence electrons. The second-order valence-corrected chi connectivity index (χ2v) is 13.5. The van der Waals surface area contributed by atoms with Gasteiger partial charge in [0.25, 0.3) is 8.32 Å². The van der Waals surface area contributed by atoms with Gasteiger partial charge in [-0.25, -0.2) is 4.39 Å². The highest BCUT2D eigenvalue weighted by atomic mass is 28.4. The number of halogens is 1. The molecule has 1 aliphatic carbocycles. The first-order chi connectivity index (χ1) is 13.1. The predicted molar refractivity (Wildman–Crippen MR) is 116 cm³/mol. The molecule has 2 aromatic rings. The summed E-state index contributed by atoms with van der Waals surface area (Å²) in [6.07, 6.45) is 0.829. The largest absolute Gasteiger partial charge is 0.404 e. The van der Waals surface area contributed by atoms with Crippen LogP contribution in [0.15, 0.2) is 73.3 Å². The topological polar surface area (TPSA) is 29.5 Å². The zero-order chi connectivity index (χ0) is 20.6. The molecule has 0 spiro atoms. The van der Waals surface area contributed by atoms with Gasteiger partial charge in [-0.2, -0.15) is 0 Å². The molecule has 1 N–H and O–H groups in total. The lowest BCUT2D eigenvalue weighted by molar-refractivity contribution is 0.0671. The SMILES string of the molecule is C=C[C@@H](O)[C@]1(C)C[C@]1(F)CO[Si](c1ccccc1)(c1ccccc1)C(C)(C)C. The van der Waals surface area contributed by atoms with E-state index in [0.717, 1.165) is 10.4 Å². The fourth-order valence-electron chi connectivity index (χ4n) is 4.37. The van der Waals surface area contributed by atoms with Gasteiger partial charge in [-0.05, 0) is 21.8 Å². The van der Waals surface area contributed by atoms with Gasteiger partial charge in [-0.1, -0.05) is 94.4 Å². The molecular formula is C24H31FO2Si. The number of hydrogen-bond acceptors (Lipinski definition) is 2. The van der Waals surface area contributed by atoms with Crippen molar-refractivity contribution in [2.24, 2.45) is 5.41 Å². The number of aliphatic hydroxyl groups excluding tert-OH is 1. The van der Waals surface area contributed by atoms with E-state index in [9.17, 15) is 5.11 Å². The highest BCUT2D eigenvalue weighted by Gasteiger charge is 2.69. The number of alkyl halides is 1. The molecule has 0 aromatic heterocycles. The first kappa shape index (κ1) is 21.0. The van der Waals surface area contributed by atoms with Gasteiger partial charge in [0.1, 0.15) is 5.67 Å². The van der Waals surface area contributed by atoms with Gasteiger partial charge in [0.15, 0.2) is 0 Å². The second kappa shape index (κ2) is 7.25. The van der Waals surface area contributed by atoms with Crippen molar-refractivity contribution in [3.63, 3.8) is 0 Å². The van der Waals surface area contributed by atoms with Crippen molar-refractivity contribution in [1.82, 2.24) is 0 Å². The van der Waals surface area contributed by atoms with Gasteiger partial charge in [-0.15, -0.1) is 6.58 Å². The third kappa shape index (κ3) is 3.28. The Morgan fingerprint density at radius 2 is 1.57 bits per heavy atom. The van der Waals surface area contributed by atoms with Gasteiger partial charge in [-0.3, -0.25) is 0 Å². The monoisotopic (exact) mass is 398 g/mol. The molecule has 1 aliphatic rings. The summed E-state index contributed by atoms with van der Waals surface area (Å²) in [4.78, 5) is 0. The minimum Gasteiger partial charge on any atom is -0.404 e. The summed E-state index contributed by atoms with van der Waals surface area (Å²) in [5.41, 5.74) is -2.38. The normalized spacial score (nSPS) is 25.9. The van der Waals surface area contributed by atoms with Crippen molar-refractivity contribution in [1.29, 1.82) is 0 Å². The molecule has 0 bridgehead atoms. The van der Waals surface area contributed by atoms with E-state index in [1.54, 1.807) is 6.92 Å². The predicted octanol–water partition coefficient (Wildman–Crippen LogP) is 4.23. The molecule has 28 heavy (non-hydrogen) atoms. The van der Waals surface area contributed by atoms with Crippen molar-refractivity contribution in [2.45, 2.75) is 50.9 Å². The Bertz CT molecular complexity index is 778. The Kier molecular flexibility index (Phi) is 5.43. The Balaban J connectivity index is 2.04. The van der Waals surface area contributed by atoms with Crippen LogP contribution in [-0.4, -0.2) is 31.8 Å². The van der Waals surface area contributed by atoms with E-state index in [1.165, 1.54) is 6.08 Å². The van der Waals surface area contributed by atoms with E-state index in [0.29, 0.717) is 0 Å². The summed E-state index contributed by atoms with van der Waals surface area (Å²) in [6.45, 7) is 11.9. The van der Waals surface area contributed by atoms with Gasteiger partial charge in [0.2, 0.25) is 0 Å². The maximum absolute atomic E-state index is 15.6. The molecular weight excluding hydrogens is 367 g/mol. The van der Waals surface area contributed by atoms with Crippen molar-refractivity contribution in [3.05, 3.63) is 73.3 Å². The number of hydrogen-bond donors (Lipinski definition) is 1. The van der Waals surface area contributed by atoms with E-state index >= 15 is 4.39 Å². The molecule has 0 amide bonds. The first-order valence-electron chi connectivity index (χ1n) is 9.85. The summed E-state index contributed by atoms with van der Waals surface area (Å²) in [5, 5.41) is 12.3. The summed E-state index contributed by atoms with van der Waals surface area (Å²) in [7, 11) is -2.77. The van der Waals surface area contributed by atoms with E-state index in [-0.39, 0.29) is 18.1 Å². The lowest BCUT2D eigenvalue weighted by Crippen LogP contribution is -2.67. The van der Waals surface area contributed by atoms with Crippen molar-refractivity contribution in [2.75, 3.05) is 6.61 Å². The lowest BCUT2D eigenvalue weighted by Gasteiger charge is -2.43. The van der Waals surface area contributed by atoms with Crippen molar-refractivity contribution in [3.8, 4) is 0 Å². The highest BCUT2D eigenvalue weighted by Crippen LogP contribution is 2.62. The average Bonchev–Trinajstić information content (AvgIpc) is 3.24. The molecule has 0 heterocycles.